The van der Waals surface area contributed by atoms with Crippen molar-refractivity contribution in [2.75, 3.05) is 6.61 Å². The number of thiophene rings is 1. The van der Waals surface area contributed by atoms with E-state index in [-0.39, 0.29) is 18.6 Å². The predicted molar refractivity (Wildman–Crippen MR) is 63.1 cm³/mol. The molecule has 0 aliphatic heterocycles. The number of amides is 1. The van der Waals surface area contributed by atoms with Gasteiger partial charge in [0.2, 0.25) is 5.91 Å². The molecule has 2 N–H and O–H groups in total. The molecule has 0 unspecified atom stereocenters. The van der Waals surface area contributed by atoms with Crippen LogP contribution in [0.3, 0.4) is 0 Å². The number of hydrogen-bond acceptors (Lipinski definition) is 3. The van der Waals surface area contributed by atoms with Crippen molar-refractivity contribution in [1.82, 2.24) is 5.32 Å². The zero-order valence-corrected chi connectivity index (χ0v) is 9.81. The van der Waals surface area contributed by atoms with Gasteiger partial charge >= 0.3 is 0 Å². The van der Waals surface area contributed by atoms with Gasteiger partial charge in [-0.1, -0.05) is 11.6 Å². The van der Waals surface area contributed by atoms with Crippen molar-refractivity contribution in [1.29, 1.82) is 0 Å². The fraction of sp³-hybridized carbons (Fsp3) is 0.300. The highest BCUT2D eigenvalue weighted by Crippen LogP contribution is 2.22. The van der Waals surface area contributed by atoms with Crippen LogP contribution >= 0.6 is 22.9 Å². The summed E-state index contributed by atoms with van der Waals surface area (Å²) in [7, 11) is 0. The summed E-state index contributed by atoms with van der Waals surface area (Å²) >= 11 is 7.14. The standard InChI is InChI=1S/C10H12ClNO2S/c1-7(6-13)12-10(14)5-3-8-2-4-9(11)15-8/h2-5,7,13H,6H2,1H3,(H,12,14)/t7-/m0/s1. The lowest BCUT2D eigenvalue weighted by Gasteiger charge is -2.07. The van der Waals surface area contributed by atoms with Crippen LogP contribution in [0.2, 0.25) is 4.34 Å². The molecule has 1 atom stereocenters. The van der Waals surface area contributed by atoms with Crippen LogP contribution in [0.4, 0.5) is 0 Å². The van der Waals surface area contributed by atoms with E-state index in [9.17, 15) is 4.79 Å². The summed E-state index contributed by atoms with van der Waals surface area (Å²) in [4.78, 5) is 12.2. The van der Waals surface area contributed by atoms with Crippen molar-refractivity contribution >= 4 is 34.9 Å². The summed E-state index contributed by atoms with van der Waals surface area (Å²) < 4.78 is 0.693. The van der Waals surface area contributed by atoms with Crippen molar-refractivity contribution in [3.63, 3.8) is 0 Å². The number of aliphatic hydroxyl groups is 1. The van der Waals surface area contributed by atoms with Crippen molar-refractivity contribution < 1.29 is 9.90 Å². The molecule has 1 aromatic heterocycles. The molecule has 1 rings (SSSR count). The van der Waals surface area contributed by atoms with Crippen LogP contribution in [0.5, 0.6) is 0 Å². The van der Waals surface area contributed by atoms with E-state index >= 15 is 0 Å². The summed E-state index contributed by atoms with van der Waals surface area (Å²) in [6, 6.07) is 3.39. The van der Waals surface area contributed by atoms with Crippen LogP contribution in [0.25, 0.3) is 6.08 Å². The van der Waals surface area contributed by atoms with Crippen LogP contribution in [0.1, 0.15) is 11.8 Å². The highest BCUT2D eigenvalue weighted by Gasteiger charge is 2.02. The number of rotatable bonds is 4. The molecule has 0 fully saturated rings. The van der Waals surface area contributed by atoms with Crippen molar-refractivity contribution in [2.24, 2.45) is 0 Å². The first kappa shape index (κ1) is 12.2. The molecule has 0 bridgehead atoms. The second kappa shape index (κ2) is 5.90. The Morgan fingerprint density at radius 2 is 2.47 bits per heavy atom. The van der Waals surface area contributed by atoms with Gasteiger partial charge in [-0.25, -0.2) is 0 Å². The zero-order valence-electron chi connectivity index (χ0n) is 8.24. The minimum atomic E-state index is -0.228. The van der Waals surface area contributed by atoms with Crippen molar-refractivity contribution in [2.45, 2.75) is 13.0 Å². The third kappa shape index (κ3) is 4.46. The Hall–Kier alpha value is -0.840. The molecule has 0 aliphatic carbocycles. The van der Waals surface area contributed by atoms with Gasteiger partial charge in [0.25, 0.3) is 0 Å². The highest BCUT2D eigenvalue weighted by atomic mass is 35.5. The van der Waals surface area contributed by atoms with Gasteiger partial charge in [0.05, 0.1) is 10.9 Å². The molecule has 1 aromatic rings. The minimum absolute atomic E-state index is 0.0651. The lowest BCUT2D eigenvalue weighted by molar-refractivity contribution is -0.117. The maximum absolute atomic E-state index is 11.3. The van der Waals surface area contributed by atoms with Crippen LogP contribution < -0.4 is 5.32 Å². The number of halogens is 1. The number of aliphatic hydroxyl groups excluding tert-OH is 1. The van der Waals surface area contributed by atoms with E-state index in [1.165, 1.54) is 17.4 Å². The lowest BCUT2D eigenvalue weighted by atomic mass is 10.3. The minimum Gasteiger partial charge on any atom is -0.394 e. The Labute approximate surface area is 97.4 Å². The van der Waals surface area contributed by atoms with Gasteiger partial charge in [-0.2, -0.15) is 0 Å². The van der Waals surface area contributed by atoms with Gasteiger partial charge in [0.15, 0.2) is 0 Å². The molecular weight excluding hydrogens is 234 g/mol. The Bertz CT molecular complexity index is 362. The quantitative estimate of drug-likeness (QED) is 0.797. The van der Waals surface area contributed by atoms with Crippen LogP contribution in [-0.4, -0.2) is 23.7 Å². The van der Waals surface area contributed by atoms with E-state index in [0.29, 0.717) is 4.34 Å². The van der Waals surface area contributed by atoms with E-state index in [0.717, 1.165) is 4.88 Å². The van der Waals surface area contributed by atoms with Gasteiger partial charge in [0, 0.05) is 17.0 Å². The molecule has 3 nitrogen and oxygen atoms in total. The van der Waals surface area contributed by atoms with Crippen LogP contribution in [0.15, 0.2) is 18.2 Å². The van der Waals surface area contributed by atoms with Crippen LogP contribution in [-0.2, 0) is 4.79 Å². The first-order valence-electron chi connectivity index (χ1n) is 4.46. The van der Waals surface area contributed by atoms with E-state index < -0.39 is 0 Å². The smallest absolute Gasteiger partial charge is 0.244 e. The molecule has 1 amide bonds. The van der Waals surface area contributed by atoms with Crippen LogP contribution in [0, 0.1) is 0 Å². The largest absolute Gasteiger partial charge is 0.394 e. The zero-order chi connectivity index (χ0) is 11.3. The van der Waals surface area contributed by atoms with Gasteiger partial charge < -0.3 is 10.4 Å². The summed E-state index contributed by atoms with van der Waals surface area (Å²) in [5.41, 5.74) is 0. The lowest BCUT2D eigenvalue weighted by Crippen LogP contribution is -2.33. The molecule has 0 aromatic carbocycles. The summed E-state index contributed by atoms with van der Waals surface area (Å²) in [6.07, 6.45) is 3.12. The van der Waals surface area contributed by atoms with Crippen molar-refractivity contribution in [3.8, 4) is 0 Å². The van der Waals surface area contributed by atoms with E-state index in [2.05, 4.69) is 5.32 Å². The molecule has 0 aliphatic rings. The third-order valence-corrected chi connectivity index (χ3v) is 2.85. The molecule has 0 spiro atoms. The highest BCUT2D eigenvalue weighted by molar-refractivity contribution is 7.17. The maximum atomic E-state index is 11.3. The first-order valence-corrected chi connectivity index (χ1v) is 5.66. The van der Waals surface area contributed by atoms with Gasteiger partial charge in [-0.05, 0) is 25.1 Å². The number of carbonyl (C=O) groups excluding carboxylic acids is 1. The Morgan fingerprint density at radius 3 is 3.00 bits per heavy atom. The fourth-order valence-corrected chi connectivity index (χ4v) is 1.88. The summed E-state index contributed by atoms with van der Waals surface area (Å²) in [5, 5.41) is 11.3. The average molecular weight is 246 g/mol. The van der Waals surface area contributed by atoms with Gasteiger partial charge in [-0.3, -0.25) is 4.79 Å². The number of nitrogens with one attached hydrogen (secondary N) is 1. The third-order valence-electron chi connectivity index (χ3n) is 1.66. The van der Waals surface area contributed by atoms with Crippen molar-refractivity contribution in [3.05, 3.63) is 27.4 Å². The second-order valence-corrected chi connectivity index (χ2v) is 4.81. The molecule has 15 heavy (non-hydrogen) atoms. The number of hydrogen-bond donors (Lipinski definition) is 2. The Kier molecular flexibility index (Phi) is 4.81. The molecular formula is C10H12ClNO2S. The van der Waals surface area contributed by atoms with Gasteiger partial charge in [0.1, 0.15) is 0 Å². The summed E-state index contributed by atoms with van der Waals surface area (Å²) in [5.74, 6) is -0.221. The first-order chi connectivity index (χ1) is 7.11. The SMILES string of the molecule is C[C@@H](CO)NC(=O)C=Cc1ccc(Cl)s1. The average Bonchev–Trinajstić information content (AvgIpc) is 2.61. The van der Waals surface area contributed by atoms with E-state index in [4.69, 9.17) is 16.7 Å². The normalized spacial score (nSPS) is 13.0. The van der Waals surface area contributed by atoms with E-state index in [1.54, 1.807) is 19.1 Å². The monoisotopic (exact) mass is 245 g/mol. The van der Waals surface area contributed by atoms with Gasteiger partial charge in [-0.15, -0.1) is 11.3 Å². The molecule has 82 valence electrons. The molecule has 0 radical (unpaired) electrons. The predicted octanol–water partition coefficient (Wildman–Crippen LogP) is 1.91. The Morgan fingerprint density at radius 1 is 1.73 bits per heavy atom. The molecule has 5 heteroatoms. The topological polar surface area (TPSA) is 49.3 Å². The maximum Gasteiger partial charge on any atom is 0.244 e. The molecule has 0 saturated carbocycles. The van der Waals surface area contributed by atoms with E-state index in [1.807, 2.05) is 6.07 Å². The second-order valence-electron chi connectivity index (χ2n) is 3.07. The summed E-state index contributed by atoms with van der Waals surface area (Å²) in [6.45, 7) is 1.66. The Balaban J connectivity index is 2.47. The number of carbonyl (C=O) groups is 1. The molecule has 0 saturated heterocycles. The molecule has 1 heterocycles. The fourth-order valence-electron chi connectivity index (χ4n) is 0.912.